The molecule has 0 bridgehead atoms. The Morgan fingerprint density at radius 2 is 1.94 bits per heavy atom. The lowest BCUT2D eigenvalue weighted by Crippen LogP contribution is -2.12. The minimum atomic E-state index is -0.0649. The lowest BCUT2D eigenvalue weighted by Gasteiger charge is -2.08. The van der Waals surface area contributed by atoms with Crippen LogP contribution in [0.25, 0.3) is 5.82 Å². The van der Waals surface area contributed by atoms with Crippen LogP contribution in [0, 0.1) is 6.92 Å². The average molecular weight is 434 g/mol. The van der Waals surface area contributed by atoms with Crippen LogP contribution in [-0.4, -0.2) is 25.7 Å². The molecule has 2 aromatic heterocycles. The molecule has 7 nitrogen and oxygen atoms in total. The number of rotatable bonds is 7. The predicted molar refractivity (Wildman–Crippen MR) is 119 cm³/mol. The van der Waals surface area contributed by atoms with E-state index in [-0.39, 0.29) is 5.91 Å². The monoisotopic (exact) mass is 433 g/mol. The molecule has 0 aliphatic carbocycles. The standard InChI is InChI=1S/C23H20ClN5O2/c1-16-25-13-14-29(16)21-10-12-23(28-27-21)31-20-8-6-19(7-9-20)26-22(30)11-5-17-3-2-4-18(24)15-17/h2-4,6-10,12-15H,5,11H2,1H3,(H,26,30). The molecule has 31 heavy (non-hydrogen) atoms. The molecule has 0 fully saturated rings. The first-order valence-electron chi connectivity index (χ1n) is 9.73. The molecule has 0 aliphatic heterocycles. The summed E-state index contributed by atoms with van der Waals surface area (Å²) in [5, 5.41) is 11.8. The number of nitrogens with zero attached hydrogens (tertiary/aromatic N) is 4. The van der Waals surface area contributed by atoms with Crippen LogP contribution < -0.4 is 10.1 Å². The predicted octanol–water partition coefficient (Wildman–Crippen LogP) is 4.99. The van der Waals surface area contributed by atoms with Crippen LogP contribution in [0.1, 0.15) is 17.8 Å². The van der Waals surface area contributed by atoms with E-state index >= 15 is 0 Å². The summed E-state index contributed by atoms with van der Waals surface area (Å²) in [6, 6.07) is 18.2. The Balaban J connectivity index is 1.31. The van der Waals surface area contributed by atoms with Gasteiger partial charge in [0.15, 0.2) is 5.82 Å². The number of nitrogens with one attached hydrogen (secondary N) is 1. The van der Waals surface area contributed by atoms with Gasteiger partial charge in [0.1, 0.15) is 11.6 Å². The molecule has 4 rings (SSSR count). The number of hydrogen-bond donors (Lipinski definition) is 1. The lowest BCUT2D eigenvalue weighted by molar-refractivity contribution is -0.116. The van der Waals surface area contributed by atoms with E-state index in [1.54, 1.807) is 36.5 Å². The largest absolute Gasteiger partial charge is 0.438 e. The molecule has 0 saturated heterocycles. The number of halogens is 1. The van der Waals surface area contributed by atoms with Gasteiger partial charge in [-0.25, -0.2) is 4.98 Å². The van der Waals surface area contributed by atoms with E-state index in [9.17, 15) is 4.79 Å². The number of hydrogen-bond acceptors (Lipinski definition) is 5. The minimum absolute atomic E-state index is 0.0649. The van der Waals surface area contributed by atoms with Crippen LogP contribution in [-0.2, 0) is 11.2 Å². The lowest BCUT2D eigenvalue weighted by atomic mass is 10.1. The highest BCUT2D eigenvalue weighted by atomic mass is 35.5. The number of benzene rings is 2. The molecule has 1 amide bonds. The number of amides is 1. The van der Waals surface area contributed by atoms with Gasteiger partial charge >= 0.3 is 0 Å². The van der Waals surface area contributed by atoms with Crippen molar-refractivity contribution in [2.24, 2.45) is 0 Å². The van der Waals surface area contributed by atoms with Gasteiger partial charge in [-0.1, -0.05) is 23.7 Å². The van der Waals surface area contributed by atoms with Crippen molar-refractivity contribution in [2.45, 2.75) is 19.8 Å². The fraction of sp³-hybridized carbons (Fsp3) is 0.130. The van der Waals surface area contributed by atoms with Gasteiger partial charge < -0.3 is 10.1 Å². The summed E-state index contributed by atoms with van der Waals surface area (Å²) in [4.78, 5) is 16.4. The van der Waals surface area contributed by atoms with Crippen molar-refractivity contribution in [1.82, 2.24) is 19.7 Å². The third kappa shape index (κ3) is 5.46. The minimum Gasteiger partial charge on any atom is -0.438 e. The van der Waals surface area contributed by atoms with Crippen LogP contribution in [0.5, 0.6) is 11.6 Å². The summed E-state index contributed by atoms with van der Waals surface area (Å²) in [6.07, 6.45) is 4.53. The smallest absolute Gasteiger partial charge is 0.238 e. The molecule has 8 heteroatoms. The van der Waals surface area contributed by atoms with E-state index in [4.69, 9.17) is 16.3 Å². The van der Waals surface area contributed by atoms with E-state index in [1.165, 1.54) is 0 Å². The number of ether oxygens (including phenoxy) is 1. The third-order valence-electron chi connectivity index (χ3n) is 4.59. The molecule has 0 atom stereocenters. The summed E-state index contributed by atoms with van der Waals surface area (Å²) < 4.78 is 7.57. The molecule has 2 heterocycles. The van der Waals surface area contributed by atoms with Crippen molar-refractivity contribution in [3.8, 4) is 17.4 Å². The maximum atomic E-state index is 12.2. The molecule has 156 valence electrons. The Bertz CT molecular complexity index is 1170. The number of anilines is 1. The van der Waals surface area contributed by atoms with Crippen molar-refractivity contribution >= 4 is 23.2 Å². The maximum absolute atomic E-state index is 12.2. The van der Waals surface area contributed by atoms with Gasteiger partial charge in [-0.3, -0.25) is 9.36 Å². The van der Waals surface area contributed by atoms with Gasteiger partial charge in [0.25, 0.3) is 0 Å². The fourth-order valence-electron chi connectivity index (χ4n) is 3.02. The second-order valence-electron chi connectivity index (χ2n) is 6.88. The van der Waals surface area contributed by atoms with Gasteiger partial charge in [-0.2, -0.15) is 0 Å². The maximum Gasteiger partial charge on any atom is 0.238 e. The average Bonchev–Trinajstić information content (AvgIpc) is 3.20. The summed E-state index contributed by atoms with van der Waals surface area (Å²) in [5.74, 6) is 2.40. The normalized spacial score (nSPS) is 10.6. The molecular formula is C23H20ClN5O2. The second-order valence-corrected chi connectivity index (χ2v) is 7.32. The molecule has 0 aliphatic rings. The molecular weight excluding hydrogens is 414 g/mol. The Kier molecular flexibility index (Phi) is 6.24. The molecule has 0 radical (unpaired) electrons. The van der Waals surface area contributed by atoms with E-state index in [1.807, 2.05) is 48.0 Å². The highest BCUT2D eigenvalue weighted by Crippen LogP contribution is 2.22. The van der Waals surface area contributed by atoms with Crippen molar-refractivity contribution in [1.29, 1.82) is 0 Å². The highest BCUT2D eigenvalue weighted by Gasteiger charge is 2.07. The number of carbonyl (C=O) groups is 1. The van der Waals surface area contributed by atoms with Crippen molar-refractivity contribution < 1.29 is 9.53 Å². The number of imidazole rings is 1. The van der Waals surface area contributed by atoms with Crippen LogP contribution in [0.2, 0.25) is 5.02 Å². The van der Waals surface area contributed by atoms with Crippen LogP contribution in [0.3, 0.4) is 0 Å². The first-order chi connectivity index (χ1) is 15.1. The van der Waals surface area contributed by atoms with E-state index in [0.717, 1.165) is 11.4 Å². The molecule has 0 unspecified atom stereocenters. The van der Waals surface area contributed by atoms with E-state index < -0.39 is 0 Å². The van der Waals surface area contributed by atoms with Crippen LogP contribution >= 0.6 is 11.6 Å². The SMILES string of the molecule is Cc1nccn1-c1ccc(Oc2ccc(NC(=O)CCc3cccc(Cl)c3)cc2)nn1. The van der Waals surface area contributed by atoms with Gasteiger partial charge in [-0.05, 0) is 61.4 Å². The van der Waals surface area contributed by atoms with Crippen LogP contribution in [0.15, 0.2) is 73.1 Å². The van der Waals surface area contributed by atoms with E-state index in [2.05, 4.69) is 20.5 Å². The molecule has 0 saturated carbocycles. The molecule has 4 aromatic rings. The highest BCUT2D eigenvalue weighted by molar-refractivity contribution is 6.30. The summed E-state index contributed by atoms with van der Waals surface area (Å²) in [7, 11) is 0. The van der Waals surface area contributed by atoms with Gasteiger partial charge in [-0.15, -0.1) is 10.2 Å². The first-order valence-corrected chi connectivity index (χ1v) is 10.1. The van der Waals surface area contributed by atoms with Crippen molar-refractivity contribution in [2.75, 3.05) is 5.32 Å². The Hall–Kier alpha value is -3.71. The topological polar surface area (TPSA) is 81.9 Å². The van der Waals surface area contributed by atoms with Gasteiger partial charge in [0.2, 0.25) is 11.8 Å². The number of aryl methyl sites for hydroxylation is 2. The van der Waals surface area contributed by atoms with E-state index in [0.29, 0.717) is 41.0 Å². The van der Waals surface area contributed by atoms with Crippen LogP contribution in [0.4, 0.5) is 5.69 Å². The Morgan fingerprint density at radius 1 is 1.10 bits per heavy atom. The second kappa shape index (κ2) is 9.40. The first kappa shape index (κ1) is 20.6. The summed E-state index contributed by atoms with van der Waals surface area (Å²) in [5.41, 5.74) is 1.72. The van der Waals surface area contributed by atoms with Gasteiger partial charge in [0, 0.05) is 35.6 Å². The zero-order valence-electron chi connectivity index (χ0n) is 16.8. The van der Waals surface area contributed by atoms with Gasteiger partial charge in [0.05, 0.1) is 0 Å². The third-order valence-corrected chi connectivity index (χ3v) is 4.82. The zero-order valence-corrected chi connectivity index (χ0v) is 17.6. The summed E-state index contributed by atoms with van der Waals surface area (Å²) >= 11 is 5.98. The molecule has 2 aromatic carbocycles. The number of aromatic nitrogens is 4. The Morgan fingerprint density at radius 3 is 2.61 bits per heavy atom. The summed E-state index contributed by atoms with van der Waals surface area (Å²) in [6.45, 7) is 1.89. The van der Waals surface area contributed by atoms with Crippen molar-refractivity contribution in [3.05, 3.63) is 89.5 Å². The molecule has 1 N–H and O–H groups in total. The quantitative estimate of drug-likeness (QED) is 0.444. The van der Waals surface area contributed by atoms with Crippen molar-refractivity contribution in [3.63, 3.8) is 0 Å². The number of carbonyl (C=O) groups excluding carboxylic acids is 1. The zero-order chi connectivity index (χ0) is 21.6. The molecule has 0 spiro atoms. The fourth-order valence-corrected chi connectivity index (χ4v) is 3.23. The Labute approximate surface area is 184 Å².